The summed E-state index contributed by atoms with van der Waals surface area (Å²) in [6, 6.07) is 9.12. The molecule has 1 fully saturated rings. The van der Waals surface area contributed by atoms with E-state index in [2.05, 4.69) is 20.6 Å². The highest BCUT2D eigenvalue weighted by Crippen LogP contribution is 2.24. The summed E-state index contributed by atoms with van der Waals surface area (Å²) in [6.07, 6.45) is 2.69. The average Bonchev–Trinajstić information content (AvgIpc) is 3.06. The number of nitrogens with one attached hydrogen (secondary N) is 2. The summed E-state index contributed by atoms with van der Waals surface area (Å²) in [5.41, 5.74) is 2.00. The summed E-state index contributed by atoms with van der Waals surface area (Å²) in [5.74, 6) is 0.796. The molecular weight excluding hydrogens is 324 g/mol. The molecule has 0 atom stereocenters. The van der Waals surface area contributed by atoms with Crippen molar-refractivity contribution in [3.05, 3.63) is 48.3 Å². The van der Waals surface area contributed by atoms with Gasteiger partial charge in [0.2, 0.25) is 0 Å². The third-order valence-corrected chi connectivity index (χ3v) is 4.48. The maximum Gasteiger partial charge on any atom is 0.265 e. The predicted molar refractivity (Wildman–Crippen MR) is 92.9 cm³/mol. The molecule has 3 aromatic rings. The molecule has 0 aromatic carbocycles. The molecule has 130 valence electrons. The molecule has 7 heteroatoms. The molecule has 0 spiro atoms. The van der Waals surface area contributed by atoms with Crippen LogP contribution in [0.2, 0.25) is 0 Å². The minimum absolute atomic E-state index is 0.0317. The van der Waals surface area contributed by atoms with Crippen LogP contribution < -0.4 is 10.6 Å². The highest BCUT2D eigenvalue weighted by atomic mass is 19.3. The van der Waals surface area contributed by atoms with E-state index in [1.807, 2.05) is 18.2 Å². The van der Waals surface area contributed by atoms with E-state index in [0.29, 0.717) is 23.1 Å². The zero-order valence-corrected chi connectivity index (χ0v) is 13.6. The van der Waals surface area contributed by atoms with E-state index in [1.54, 1.807) is 16.7 Å². The molecule has 0 saturated carbocycles. The molecule has 1 saturated heterocycles. The van der Waals surface area contributed by atoms with E-state index in [9.17, 15) is 8.78 Å². The Morgan fingerprint density at radius 3 is 2.80 bits per heavy atom. The lowest BCUT2D eigenvalue weighted by Crippen LogP contribution is -2.35. The van der Waals surface area contributed by atoms with Crippen molar-refractivity contribution in [2.24, 2.45) is 0 Å². The number of aromatic nitrogens is 3. The summed E-state index contributed by atoms with van der Waals surface area (Å²) in [4.78, 5) is 8.94. The first-order chi connectivity index (χ1) is 12.2. The van der Waals surface area contributed by atoms with Crippen LogP contribution in [0.3, 0.4) is 0 Å². The van der Waals surface area contributed by atoms with Crippen LogP contribution in [0.1, 0.15) is 24.8 Å². The molecule has 4 heterocycles. The molecule has 4 rings (SSSR count). The van der Waals surface area contributed by atoms with Gasteiger partial charge in [0.25, 0.3) is 6.43 Å². The Kier molecular flexibility index (Phi) is 4.31. The van der Waals surface area contributed by atoms with Gasteiger partial charge in [-0.15, -0.1) is 0 Å². The van der Waals surface area contributed by atoms with Crippen molar-refractivity contribution in [2.45, 2.75) is 25.3 Å². The van der Waals surface area contributed by atoms with Crippen LogP contribution >= 0.6 is 0 Å². The van der Waals surface area contributed by atoms with E-state index in [1.165, 1.54) is 12.3 Å². The smallest absolute Gasteiger partial charge is 0.265 e. The number of fused-ring (bicyclic) bond motifs is 1. The number of nitrogens with zero attached hydrogens (tertiary/aromatic N) is 3. The van der Waals surface area contributed by atoms with Crippen LogP contribution in [0.25, 0.3) is 17.0 Å². The maximum absolute atomic E-state index is 13.0. The van der Waals surface area contributed by atoms with Gasteiger partial charge >= 0.3 is 0 Å². The van der Waals surface area contributed by atoms with Gasteiger partial charge in [0, 0.05) is 17.8 Å². The monoisotopic (exact) mass is 343 g/mol. The van der Waals surface area contributed by atoms with Crippen LogP contribution in [0.4, 0.5) is 14.6 Å². The van der Waals surface area contributed by atoms with E-state index in [0.717, 1.165) is 31.7 Å². The lowest BCUT2D eigenvalue weighted by atomic mass is 10.1. The van der Waals surface area contributed by atoms with E-state index in [-0.39, 0.29) is 5.56 Å². The van der Waals surface area contributed by atoms with E-state index < -0.39 is 6.43 Å². The summed E-state index contributed by atoms with van der Waals surface area (Å²) in [7, 11) is 0. The number of piperidine rings is 1. The van der Waals surface area contributed by atoms with Crippen molar-refractivity contribution in [1.82, 2.24) is 19.7 Å². The topological polar surface area (TPSA) is 54.2 Å². The fraction of sp³-hybridized carbons (Fsp3) is 0.333. The molecule has 0 radical (unpaired) electrons. The van der Waals surface area contributed by atoms with Crippen LogP contribution in [0.15, 0.2) is 42.7 Å². The van der Waals surface area contributed by atoms with Gasteiger partial charge < -0.3 is 10.6 Å². The van der Waals surface area contributed by atoms with Crippen molar-refractivity contribution < 1.29 is 8.78 Å². The Hall–Kier alpha value is -2.54. The average molecular weight is 343 g/mol. The van der Waals surface area contributed by atoms with E-state index in [4.69, 9.17) is 0 Å². The molecule has 0 aliphatic carbocycles. The lowest BCUT2D eigenvalue weighted by Gasteiger charge is -2.24. The Morgan fingerprint density at radius 2 is 2.00 bits per heavy atom. The van der Waals surface area contributed by atoms with Gasteiger partial charge in [0.05, 0.1) is 17.6 Å². The number of halogens is 2. The van der Waals surface area contributed by atoms with Gasteiger partial charge in [-0.05, 0) is 50.2 Å². The summed E-state index contributed by atoms with van der Waals surface area (Å²) < 4.78 is 27.7. The number of pyridine rings is 2. The Balaban J connectivity index is 1.66. The number of alkyl halides is 2. The quantitative estimate of drug-likeness (QED) is 0.761. The van der Waals surface area contributed by atoms with Crippen molar-refractivity contribution >= 4 is 11.5 Å². The number of hydrogen-bond acceptors (Lipinski definition) is 4. The molecule has 5 nitrogen and oxygen atoms in total. The molecule has 0 amide bonds. The normalized spacial score (nSPS) is 15.8. The first-order valence-corrected chi connectivity index (χ1v) is 8.40. The largest absolute Gasteiger partial charge is 0.367 e. The van der Waals surface area contributed by atoms with Crippen LogP contribution in [0.5, 0.6) is 0 Å². The number of imidazole rings is 1. The third kappa shape index (κ3) is 3.32. The second-order valence-electron chi connectivity index (χ2n) is 6.21. The molecule has 2 N–H and O–H groups in total. The molecule has 0 bridgehead atoms. The minimum Gasteiger partial charge on any atom is -0.367 e. The summed E-state index contributed by atoms with van der Waals surface area (Å²) in [5, 5.41) is 6.80. The Labute approximate surface area is 144 Å². The van der Waals surface area contributed by atoms with Gasteiger partial charge in [-0.25, -0.2) is 18.7 Å². The Morgan fingerprint density at radius 1 is 1.16 bits per heavy atom. The van der Waals surface area contributed by atoms with Crippen molar-refractivity contribution in [3.63, 3.8) is 0 Å². The second-order valence-corrected chi connectivity index (χ2v) is 6.21. The van der Waals surface area contributed by atoms with Gasteiger partial charge in [-0.2, -0.15) is 0 Å². The molecular formula is C18H19F2N5. The first-order valence-electron chi connectivity index (χ1n) is 8.40. The number of hydrogen-bond donors (Lipinski definition) is 2. The zero-order valence-electron chi connectivity index (χ0n) is 13.6. The van der Waals surface area contributed by atoms with Gasteiger partial charge in [0.15, 0.2) is 0 Å². The van der Waals surface area contributed by atoms with Crippen molar-refractivity contribution in [1.29, 1.82) is 0 Å². The fourth-order valence-electron chi connectivity index (χ4n) is 3.15. The SMILES string of the molecule is FC(F)c1ccc2ncc(-c3cccc(NC4CCNCC4)n3)n2c1. The summed E-state index contributed by atoms with van der Waals surface area (Å²) in [6.45, 7) is 2.00. The molecule has 3 aromatic heterocycles. The van der Waals surface area contributed by atoms with Gasteiger partial charge in [-0.3, -0.25) is 4.40 Å². The molecule has 0 unspecified atom stereocenters. The van der Waals surface area contributed by atoms with Crippen LogP contribution in [-0.4, -0.2) is 33.5 Å². The second kappa shape index (κ2) is 6.76. The molecule has 1 aliphatic heterocycles. The highest BCUT2D eigenvalue weighted by Gasteiger charge is 2.15. The third-order valence-electron chi connectivity index (χ3n) is 4.48. The standard InChI is InChI=1S/C18H19F2N5/c19-18(20)12-4-5-17-22-10-15(25(17)11-12)14-2-1-3-16(24-14)23-13-6-8-21-9-7-13/h1-5,10-11,13,18,21H,6-9H2,(H,23,24). The van der Waals surface area contributed by atoms with E-state index >= 15 is 0 Å². The number of anilines is 1. The van der Waals surface area contributed by atoms with Gasteiger partial charge in [0.1, 0.15) is 11.5 Å². The van der Waals surface area contributed by atoms with Crippen LogP contribution in [0, 0.1) is 0 Å². The maximum atomic E-state index is 13.0. The first kappa shape index (κ1) is 16.0. The van der Waals surface area contributed by atoms with Crippen molar-refractivity contribution in [2.75, 3.05) is 18.4 Å². The van der Waals surface area contributed by atoms with Crippen LogP contribution in [-0.2, 0) is 0 Å². The minimum atomic E-state index is -2.51. The molecule has 1 aliphatic rings. The molecule has 25 heavy (non-hydrogen) atoms. The Bertz CT molecular complexity index is 871. The number of rotatable bonds is 4. The van der Waals surface area contributed by atoms with Crippen molar-refractivity contribution in [3.8, 4) is 11.4 Å². The van der Waals surface area contributed by atoms with Gasteiger partial charge in [-0.1, -0.05) is 6.07 Å². The predicted octanol–water partition coefficient (Wildman–Crippen LogP) is 3.50. The highest BCUT2D eigenvalue weighted by molar-refractivity contribution is 5.62. The fourth-order valence-corrected chi connectivity index (χ4v) is 3.15. The lowest BCUT2D eigenvalue weighted by molar-refractivity contribution is 0.151. The summed E-state index contributed by atoms with van der Waals surface area (Å²) >= 11 is 0. The zero-order chi connectivity index (χ0) is 17.2.